The zero-order valence-corrected chi connectivity index (χ0v) is 11.9. The average molecular weight is 286 g/mol. The molecular formula is C17H18O4. The van der Waals surface area contributed by atoms with Crippen LogP contribution in [-0.4, -0.2) is 24.3 Å². The van der Waals surface area contributed by atoms with Crippen molar-refractivity contribution < 1.29 is 19.4 Å². The van der Waals surface area contributed by atoms with Gasteiger partial charge in [0.05, 0.1) is 6.42 Å². The fourth-order valence-corrected chi connectivity index (χ4v) is 1.98. The zero-order valence-electron chi connectivity index (χ0n) is 11.9. The predicted molar refractivity (Wildman–Crippen MR) is 80.0 cm³/mol. The highest BCUT2D eigenvalue weighted by atomic mass is 16.5. The molecule has 110 valence electrons. The molecule has 21 heavy (non-hydrogen) atoms. The van der Waals surface area contributed by atoms with Crippen molar-refractivity contribution in [1.82, 2.24) is 0 Å². The molecule has 4 heteroatoms. The maximum atomic E-state index is 10.8. The lowest BCUT2D eigenvalue weighted by atomic mass is 10.1. The van der Waals surface area contributed by atoms with Crippen LogP contribution in [0.4, 0.5) is 0 Å². The van der Waals surface area contributed by atoms with Gasteiger partial charge in [0.1, 0.15) is 24.7 Å². The first-order valence-corrected chi connectivity index (χ1v) is 6.78. The first-order valence-electron chi connectivity index (χ1n) is 6.78. The number of hydrogen-bond donors (Lipinski definition) is 1. The van der Waals surface area contributed by atoms with Crippen LogP contribution in [0.5, 0.6) is 11.5 Å². The summed E-state index contributed by atoms with van der Waals surface area (Å²) in [4.78, 5) is 10.8. The Kier molecular flexibility index (Phi) is 5.21. The lowest BCUT2D eigenvalue weighted by Gasteiger charge is -2.12. The van der Waals surface area contributed by atoms with Crippen LogP contribution in [0.15, 0.2) is 48.5 Å². The average Bonchev–Trinajstić information content (AvgIpc) is 2.46. The molecule has 0 fully saturated rings. The summed E-state index contributed by atoms with van der Waals surface area (Å²) in [6.07, 6.45) is -0.0468. The molecule has 0 bridgehead atoms. The molecule has 0 spiro atoms. The normalized spacial score (nSPS) is 10.1. The van der Waals surface area contributed by atoms with E-state index in [0.717, 1.165) is 11.3 Å². The Balaban J connectivity index is 1.86. The van der Waals surface area contributed by atoms with Crippen molar-refractivity contribution in [3.8, 4) is 11.5 Å². The van der Waals surface area contributed by atoms with Gasteiger partial charge in [0.2, 0.25) is 0 Å². The Morgan fingerprint density at radius 2 is 1.52 bits per heavy atom. The van der Waals surface area contributed by atoms with E-state index in [-0.39, 0.29) is 6.42 Å². The van der Waals surface area contributed by atoms with Crippen molar-refractivity contribution in [2.75, 3.05) is 13.2 Å². The molecule has 0 atom stereocenters. The summed E-state index contributed by atoms with van der Waals surface area (Å²) < 4.78 is 11.2. The lowest BCUT2D eigenvalue weighted by Crippen LogP contribution is -2.11. The van der Waals surface area contributed by atoms with E-state index in [2.05, 4.69) is 0 Å². The number of carboxylic acids is 1. The van der Waals surface area contributed by atoms with Crippen molar-refractivity contribution in [1.29, 1.82) is 0 Å². The Bertz CT molecular complexity index is 607. The van der Waals surface area contributed by atoms with E-state index >= 15 is 0 Å². The summed E-state index contributed by atoms with van der Waals surface area (Å²) >= 11 is 0. The molecule has 2 rings (SSSR count). The number of ether oxygens (including phenoxy) is 2. The van der Waals surface area contributed by atoms with Crippen molar-refractivity contribution in [3.05, 3.63) is 59.7 Å². The second kappa shape index (κ2) is 7.33. The van der Waals surface area contributed by atoms with Gasteiger partial charge in [0.15, 0.2) is 0 Å². The molecule has 0 heterocycles. The van der Waals surface area contributed by atoms with E-state index in [1.165, 1.54) is 0 Å². The van der Waals surface area contributed by atoms with Crippen LogP contribution >= 0.6 is 0 Å². The topological polar surface area (TPSA) is 55.8 Å². The first kappa shape index (κ1) is 14.9. The van der Waals surface area contributed by atoms with Crippen LogP contribution < -0.4 is 9.47 Å². The summed E-state index contributed by atoms with van der Waals surface area (Å²) in [5.41, 5.74) is 1.74. The van der Waals surface area contributed by atoms with Gasteiger partial charge in [-0.3, -0.25) is 4.79 Å². The molecule has 1 N–H and O–H groups in total. The molecule has 0 radical (unpaired) electrons. The van der Waals surface area contributed by atoms with E-state index in [1.54, 1.807) is 18.2 Å². The molecule has 0 amide bonds. The highest BCUT2D eigenvalue weighted by Gasteiger charge is 2.07. The molecular weight excluding hydrogens is 268 g/mol. The van der Waals surface area contributed by atoms with Gasteiger partial charge >= 0.3 is 5.97 Å². The largest absolute Gasteiger partial charge is 0.490 e. The number of benzene rings is 2. The molecule has 4 nitrogen and oxygen atoms in total. The number of carboxylic acid groups (broad SMARTS) is 1. The van der Waals surface area contributed by atoms with E-state index in [4.69, 9.17) is 14.6 Å². The summed E-state index contributed by atoms with van der Waals surface area (Å²) in [5.74, 6) is 0.551. The van der Waals surface area contributed by atoms with Crippen LogP contribution in [0, 0.1) is 6.92 Å². The molecule has 0 saturated carbocycles. The van der Waals surface area contributed by atoms with Gasteiger partial charge in [-0.05, 0) is 24.6 Å². The van der Waals surface area contributed by atoms with Crippen molar-refractivity contribution >= 4 is 5.97 Å². The number of aryl methyl sites for hydroxylation is 1. The minimum Gasteiger partial charge on any atom is -0.490 e. The Morgan fingerprint density at radius 1 is 0.952 bits per heavy atom. The van der Waals surface area contributed by atoms with E-state index in [0.29, 0.717) is 24.5 Å². The number of aliphatic carboxylic acids is 1. The number of para-hydroxylation sites is 2. The highest BCUT2D eigenvalue weighted by Crippen LogP contribution is 2.19. The summed E-state index contributed by atoms with van der Waals surface area (Å²) in [6.45, 7) is 2.76. The monoisotopic (exact) mass is 286 g/mol. The molecule has 0 aromatic heterocycles. The van der Waals surface area contributed by atoms with Crippen LogP contribution in [0.2, 0.25) is 0 Å². The van der Waals surface area contributed by atoms with Crippen LogP contribution in [0.1, 0.15) is 11.1 Å². The zero-order chi connectivity index (χ0) is 15.1. The molecule has 0 aliphatic heterocycles. The van der Waals surface area contributed by atoms with E-state index < -0.39 is 5.97 Å². The summed E-state index contributed by atoms with van der Waals surface area (Å²) in [7, 11) is 0. The molecule has 0 unspecified atom stereocenters. The Morgan fingerprint density at radius 3 is 2.19 bits per heavy atom. The minimum atomic E-state index is -0.873. The maximum absolute atomic E-state index is 10.8. The Hall–Kier alpha value is -2.49. The van der Waals surface area contributed by atoms with Gasteiger partial charge in [-0.2, -0.15) is 0 Å². The molecule has 0 aliphatic rings. The second-order valence-corrected chi connectivity index (χ2v) is 4.64. The third kappa shape index (κ3) is 4.53. The predicted octanol–water partition coefficient (Wildman–Crippen LogP) is 3.08. The SMILES string of the molecule is Cc1ccccc1OCCOc1ccccc1CC(=O)O. The number of rotatable bonds is 7. The smallest absolute Gasteiger partial charge is 0.307 e. The van der Waals surface area contributed by atoms with Gasteiger partial charge in [0.25, 0.3) is 0 Å². The fraction of sp³-hybridized carbons (Fsp3) is 0.235. The third-order valence-corrected chi connectivity index (χ3v) is 3.01. The van der Waals surface area contributed by atoms with Gasteiger partial charge < -0.3 is 14.6 Å². The lowest BCUT2D eigenvalue weighted by molar-refractivity contribution is -0.136. The van der Waals surface area contributed by atoms with Crippen molar-refractivity contribution in [2.45, 2.75) is 13.3 Å². The molecule has 2 aromatic rings. The van der Waals surface area contributed by atoms with E-state index in [9.17, 15) is 4.79 Å². The summed E-state index contributed by atoms with van der Waals surface area (Å²) in [6, 6.07) is 14.9. The third-order valence-electron chi connectivity index (χ3n) is 3.01. The van der Waals surface area contributed by atoms with E-state index in [1.807, 2.05) is 37.3 Å². The standard InChI is InChI=1S/C17H18O4/c1-13-6-2-4-8-15(13)20-10-11-21-16-9-5-3-7-14(16)12-17(18)19/h2-9H,10-12H2,1H3,(H,18,19). The van der Waals surface area contributed by atoms with Gasteiger partial charge in [-0.1, -0.05) is 36.4 Å². The molecule has 0 aliphatic carbocycles. The van der Waals surface area contributed by atoms with Gasteiger partial charge in [0, 0.05) is 5.56 Å². The van der Waals surface area contributed by atoms with Gasteiger partial charge in [-0.25, -0.2) is 0 Å². The number of hydrogen-bond acceptors (Lipinski definition) is 3. The minimum absolute atomic E-state index is 0.0468. The van der Waals surface area contributed by atoms with Crippen LogP contribution in [-0.2, 0) is 11.2 Å². The molecule has 0 saturated heterocycles. The van der Waals surface area contributed by atoms with Crippen molar-refractivity contribution in [2.24, 2.45) is 0 Å². The van der Waals surface area contributed by atoms with Crippen LogP contribution in [0.25, 0.3) is 0 Å². The van der Waals surface area contributed by atoms with Crippen molar-refractivity contribution in [3.63, 3.8) is 0 Å². The first-order chi connectivity index (χ1) is 10.2. The van der Waals surface area contributed by atoms with Gasteiger partial charge in [-0.15, -0.1) is 0 Å². The van der Waals surface area contributed by atoms with Crippen LogP contribution in [0.3, 0.4) is 0 Å². The quantitative estimate of drug-likeness (QED) is 0.795. The fourth-order valence-electron chi connectivity index (χ4n) is 1.98. The number of carbonyl (C=O) groups is 1. The maximum Gasteiger partial charge on any atom is 0.307 e. The second-order valence-electron chi connectivity index (χ2n) is 4.64. The highest BCUT2D eigenvalue weighted by molar-refractivity contribution is 5.71. The Labute approximate surface area is 123 Å². The summed E-state index contributed by atoms with van der Waals surface area (Å²) in [5, 5.41) is 8.86. The molecule has 2 aromatic carbocycles.